The van der Waals surface area contributed by atoms with Gasteiger partial charge in [-0.05, 0) is 42.0 Å². The number of halogens is 1. The van der Waals surface area contributed by atoms with Crippen LogP contribution in [0.25, 0.3) is 5.69 Å². The van der Waals surface area contributed by atoms with Gasteiger partial charge >= 0.3 is 11.1 Å². The van der Waals surface area contributed by atoms with E-state index in [9.17, 15) is 9.59 Å². The molecule has 2 aromatic carbocycles. The third kappa shape index (κ3) is 2.92. The van der Waals surface area contributed by atoms with Gasteiger partial charge in [-0.15, -0.1) is 0 Å². The van der Waals surface area contributed by atoms with E-state index in [1.165, 1.54) is 9.13 Å². The van der Waals surface area contributed by atoms with Gasteiger partial charge in [0.25, 0.3) is 0 Å². The molecular formula is C18H13ClN2O4. The van der Waals surface area contributed by atoms with Crippen LogP contribution in [0.5, 0.6) is 11.5 Å². The van der Waals surface area contributed by atoms with Gasteiger partial charge < -0.3 is 14.0 Å². The lowest BCUT2D eigenvalue weighted by Gasteiger charge is -2.09. The van der Waals surface area contributed by atoms with Crippen LogP contribution in [0.2, 0.25) is 5.02 Å². The van der Waals surface area contributed by atoms with Crippen molar-refractivity contribution >= 4 is 11.6 Å². The molecule has 0 saturated heterocycles. The molecule has 0 saturated carbocycles. The Labute approximate surface area is 147 Å². The molecule has 126 valence electrons. The van der Waals surface area contributed by atoms with E-state index >= 15 is 0 Å². The van der Waals surface area contributed by atoms with E-state index < -0.39 is 11.1 Å². The van der Waals surface area contributed by atoms with E-state index in [0.29, 0.717) is 22.2 Å². The molecule has 4 rings (SSSR count). The summed E-state index contributed by atoms with van der Waals surface area (Å²) in [7, 11) is 0. The SMILES string of the molecule is O=c1c(=O)n(-c2ccc(Cl)cc2)ccn1Cc1ccc2c(c1)OCO2. The molecule has 0 radical (unpaired) electrons. The highest BCUT2D eigenvalue weighted by Crippen LogP contribution is 2.32. The highest BCUT2D eigenvalue weighted by Gasteiger charge is 2.14. The third-order valence-electron chi connectivity index (χ3n) is 3.95. The van der Waals surface area contributed by atoms with E-state index in [1.54, 1.807) is 48.8 Å². The maximum absolute atomic E-state index is 12.4. The number of ether oxygens (including phenoxy) is 2. The van der Waals surface area contributed by atoms with Crippen LogP contribution < -0.4 is 20.6 Å². The number of rotatable bonds is 3. The third-order valence-corrected chi connectivity index (χ3v) is 4.20. The Morgan fingerprint density at radius 3 is 2.48 bits per heavy atom. The van der Waals surface area contributed by atoms with Gasteiger partial charge in [-0.25, -0.2) is 0 Å². The fourth-order valence-corrected chi connectivity index (χ4v) is 2.80. The zero-order valence-corrected chi connectivity index (χ0v) is 13.8. The van der Waals surface area contributed by atoms with Crippen molar-refractivity contribution in [1.29, 1.82) is 0 Å². The van der Waals surface area contributed by atoms with Gasteiger partial charge in [0.05, 0.1) is 6.54 Å². The van der Waals surface area contributed by atoms with Gasteiger partial charge in [-0.3, -0.25) is 14.2 Å². The van der Waals surface area contributed by atoms with Crippen LogP contribution in [0.15, 0.2) is 64.4 Å². The fourth-order valence-electron chi connectivity index (χ4n) is 2.67. The van der Waals surface area contributed by atoms with Gasteiger partial charge in [-0.2, -0.15) is 0 Å². The second kappa shape index (κ2) is 6.14. The number of aromatic nitrogens is 2. The van der Waals surface area contributed by atoms with Crippen molar-refractivity contribution in [3.05, 3.63) is 86.2 Å². The number of hydrogen-bond donors (Lipinski definition) is 0. The van der Waals surface area contributed by atoms with Gasteiger partial charge in [0, 0.05) is 23.1 Å². The summed E-state index contributed by atoms with van der Waals surface area (Å²) < 4.78 is 13.3. The molecule has 1 aromatic heterocycles. The van der Waals surface area contributed by atoms with Crippen molar-refractivity contribution in [3.8, 4) is 17.2 Å². The molecule has 1 aliphatic rings. The number of fused-ring (bicyclic) bond motifs is 1. The average molecular weight is 357 g/mol. The van der Waals surface area contributed by atoms with Gasteiger partial charge in [0.1, 0.15) is 0 Å². The van der Waals surface area contributed by atoms with E-state index in [0.717, 1.165) is 5.56 Å². The molecule has 6 nitrogen and oxygen atoms in total. The molecule has 0 bridgehead atoms. The lowest BCUT2D eigenvalue weighted by atomic mass is 10.2. The fraction of sp³-hybridized carbons (Fsp3) is 0.111. The molecule has 7 heteroatoms. The van der Waals surface area contributed by atoms with Crippen LogP contribution >= 0.6 is 11.6 Å². The predicted octanol–water partition coefficient (Wildman–Crippen LogP) is 2.43. The van der Waals surface area contributed by atoms with Crippen LogP contribution in [0.1, 0.15) is 5.56 Å². The number of benzene rings is 2. The maximum atomic E-state index is 12.4. The molecule has 0 aliphatic carbocycles. The molecule has 0 fully saturated rings. The highest BCUT2D eigenvalue weighted by molar-refractivity contribution is 6.30. The summed E-state index contributed by atoms with van der Waals surface area (Å²) >= 11 is 5.85. The highest BCUT2D eigenvalue weighted by atomic mass is 35.5. The quantitative estimate of drug-likeness (QED) is 0.676. The lowest BCUT2D eigenvalue weighted by molar-refractivity contribution is 0.174. The molecular weight excluding hydrogens is 344 g/mol. The lowest BCUT2D eigenvalue weighted by Crippen LogP contribution is -2.40. The molecule has 0 N–H and O–H groups in total. The van der Waals surface area contributed by atoms with E-state index in [2.05, 4.69) is 0 Å². The Morgan fingerprint density at radius 2 is 1.68 bits per heavy atom. The first-order valence-electron chi connectivity index (χ1n) is 7.58. The Bertz CT molecular complexity index is 1050. The first kappa shape index (κ1) is 15.5. The summed E-state index contributed by atoms with van der Waals surface area (Å²) in [5, 5.41) is 0.563. The summed E-state index contributed by atoms with van der Waals surface area (Å²) in [5.41, 5.74) is 0.206. The van der Waals surface area contributed by atoms with Crippen molar-refractivity contribution in [2.75, 3.05) is 6.79 Å². The minimum atomic E-state index is -0.620. The van der Waals surface area contributed by atoms with Crippen molar-refractivity contribution in [3.63, 3.8) is 0 Å². The monoisotopic (exact) mass is 356 g/mol. The van der Waals surface area contributed by atoms with Crippen LogP contribution in [0.4, 0.5) is 0 Å². The van der Waals surface area contributed by atoms with Crippen LogP contribution in [0, 0.1) is 0 Å². The summed E-state index contributed by atoms with van der Waals surface area (Å²) in [4.78, 5) is 24.8. The van der Waals surface area contributed by atoms with Crippen LogP contribution in [-0.2, 0) is 6.54 Å². The molecule has 2 heterocycles. The Morgan fingerprint density at radius 1 is 0.920 bits per heavy atom. The molecule has 0 unspecified atom stereocenters. The molecule has 25 heavy (non-hydrogen) atoms. The first-order valence-corrected chi connectivity index (χ1v) is 7.96. The van der Waals surface area contributed by atoms with Crippen molar-refractivity contribution < 1.29 is 9.47 Å². The summed E-state index contributed by atoms with van der Waals surface area (Å²) in [6, 6.07) is 12.1. The summed E-state index contributed by atoms with van der Waals surface area (Å²) in [6.07, 6.45) is 3.16. The number of nitrogens with zero attached hydrogens (tertiary/aromatic N) is 2. The second-order valence-electron chi connectivity index (χ2n) is 5.57. The Balaban J connectivity index is 1.68. The Kier molecular flexibility index (Phi) is 3.82. The van der Waals surface area contributed by atoms with Crippen molar-refractivity contribution in [2.24, 2.45) is 0 Å². The zero-order valence-electron chi connectivity index (χ0n) is 13.0. The van der Waals surface area contributed by atoms with Crippen molar-refractivity contribution in [2.45, 2.75) is 6.54 Å². The normalized spacial score (nSPS) is 12.4. The Hall–Kier alpha value is -2.99. The largest absolute Gasteiger partial charge is 0.454 e. The van der Waals surface area contributed by atoms with E-state index in [-0.39, 0.29) is 13.3 Å². The van der Waals surface area contributed by atoms with Gasteiger partial charge in [0.15, 0.2) is 11.5 Å². The molecule has 0 atom stereocenters. The molecule has 1 aliphatic heterocycles. The summed E-state index contributed by atoms with van der Waals surface area (Å²) in [5.74, 6) is 1.31. The van der Waals surface area contributed by atoms with Crippen molar-refractivity contribution in [1.82, 2.24) is 9.13 Å². The van der Waals surface area contributed by atoms with Crippen LogP contribution in [-0.4, -0.2) is 15.9 Å². The minimum absolute atomic E-state index is 0.190. The number of hydrogen-bond acceptors (Lipinski definition) is 4. The first-order chi connectivity index (χ1) is 12.1. The topological polar surface area (TPSA) is 62.5 Å². The van der Waals surface area contributed by atoms with Gasteiger partial charge in [0.2, 0.25) is 6.79 Å². The average Bonchev–Trinajstić information content (AvgIpc) is 3.08. The molecule has 3 aromatic rings. The summed E-state index contributed by atoms with van der Waals surface area (Å²) in [6.45, 7) is 0.460. The smallest absolute Gasteiger partial charge is 0.320 e. The van der Waals surface area contributed by atoms with Crippen LogP contribution in [0.3, 0.4) is 0 Å². The minimum Gasteiger partial charge on any atom is -0.454 e. The van der Waals surface area contributed by atoms with Gasteiger partial charge in [-0.1, -0.05) is 17.7 Å². The standard InChI is InChI=1S/C18H13ClN2O4/c19-13-2-4-14(5-3-13)21-8-7-20(17(22)18(21)23)10-12-1-6-15-16(9-12)25-11-24-15/h1-9H,10-11H2. The maximum Gasteiger partial charge on any atom is 0.320 e. The molecule has 0 spiro atoms. The second-order valence-corrected chi connectivity index (χ2v) is 6.01. The predicted molar refractivity (Wildman–Crippen MR) is 93.0 cm³/mol. The van der Waals surface area contributed by atoms with E-state index in [1.807, 2.05) is 6.07 Å². The van der Waals surface area contributed by atoms with E-state index in [4.69, 9.17) is 21.1 Å². The zero-order chi connectivity index (χ0) is 17.4. The molecule has 0 amide bonds.